The first kappa shape index (κ1) is 22.0. The summed E-state index contributed by atoms with van der Waals surface area (Å²) in [4.78, 5) is 4.59. The zero-order chi connectivity index (χ0) is 22.5. The maximum Gasteiger partial charge on any atom is 0.161 e. The van der Waals surface area contributed by atoms with E-state index in [4.69, 9.17) is 26.8 Å². The van der Waals surface area contributed by atoms with Crippen LogP contribution in [0.2, 0.25) is 5.02 Å². The van der Waals surface area contributed by atoms with Crippen LogP contribution in [-0.4, -0.2) is 12.1 Å². The number of halogens is 1. The highest BCUT2D eigenvalue weighted by molar-refractivity contribution is 6.31. The molecule has 2 N–H and O–H groups in total. The highest BCUT2D eigenvalue weighted by atomic mass is 35.5. The topological polar surface area (TPSA) is 81.2 Å². The molecule has 0 unspecified atom stereocenters. The third-order valence-corrected chi connectivity index (χ3v) is 6.28. The minimum atomic E-state index is 0.292. The number of nitrogens with zero attached hydrogens (tertiary/aromatic N) is 2. The van der Waals surface area contributed by atoms with E-state index in [0.717, 1.165) is 53.6 Å². The summed E-state index contributed by atoms with van der Waals surface area (Å²) in [6, 6.07) is 15.6. The lowest BCUT2D eigenvalue weighted by Gasteiger charge is -2.20. The molecule has 32 heavy (non-hydrogen) atoms. The van der Waals surface area contributed by atoms with E-state index in [2.05, 4.69) is 11.1 Å². The number of methoxy groups -OCH3 is 1. The van der Waals surface area contributed by atoms with Gasteiger partial charge in [0.1, 0.15) is 24.1 Å². The van der Waals surface area contributed by atoms with Gasteiger partial charge in [-0.15, -0.1) is 0 Å². The number of pyridine rings is 1. The number of aromatic nitrogens is 1. The minimum Gasteiger partial charge on any atom is -0.493 e. The number of anilines is 1. The van der Waals surface area contributed by atoms with Gasteiger partial charge in [-0.1, -0.05) is 48.7 Å². The van der Waals surface area contributed by atoms with Crippen LogP contribution in [0.1, 0.15) is 48.1 Å². The average molecular weight is 448 g/mol. The van der Waals surface area contributed by atoms with E-state index in [0.29, 0.717) is 34.5 Å². The Morgan fingerprint density at radius 1 is 1.06 bits per heavy atom. The number of rotatable bonds is 5. The van der Waals surface area contributed by atoms with Gasteiger partial charge < -0.3 is 15.2 Å². The van der Waals surface area contributed by atoms with Gasteiger partial charge in [-0.2, -0.15) is 5.26 Å². The number of benzene rings is 2. The third kappa shape index (κ3) is 4.51. The fourth-order valence-electron chi connectivity index (χ4n) is 4.26. The summed E-state index contributed by atoms with van der Waals surface area (Å²) in [6.45, 7) is 0.330. The Balaban J connectivity index is 1.74. The molecule has 1 aliphatic rings. The van der Waals surface area contributed by atoms with Gasteiger partial charge in [-0.25, -0.2) is 4.98 Å². The highest BCUT2D eigenvalue weighted by Crippen LogP contribution is 2.39. The number of hydrogen-bond acceptors (Lipinski definition) is 5. The Bertz CT molecular complexity index is 1170. The summed E-state index contributed by atoms with van der Waals surface area (Å²) in [6.07, 6.45) is 6.31. The van der Waals surface area contributed by atoms with Gasteiger partial charge in [-0.3, -0.25) is 0 Å². The number of ether oxygens (including phenoxy) is 2. The first-order valence-electron chi connectivity index (χ1n) is 10.9. The second-order valence-electron chi connectivity index (χ2n) is 7.94. The number of nitrogens with two attached hydrogens (primary N) is 1. The predicted molar refractivity (Wildman–Crippen MR) is 127 cm³/mol. The molecule has 2 aromatic carbocycles. The Labute approximate surface area is 193 Å². The van der Waals surface area contributed by atoms with E-state index in [-0.39, 0.29) is 0 Å². The number of nitriles is 1. The van der Waals surface area contributed by atoms with Crippen molar-refractivity contribution in [1.29, 1.82) is 5.26 Å². The van der Waals surface area contributed by atoms with Crippen LogP contribution in [0.5, 0.6) is 11.5 Å². The largest absolute Gasteiger partial charge is 0.493 e. The van der Waals surface area contributed by atoms with Crippen molar-refractivity contribution >= 4 is 17.4 Å². The van der Waals surface area contributed by atoms with E-state index < -0.39 is 0 Å². The van der Waals surface area contributed by atoms with Gasteiger partial charge in [0.05, 0.1) is 7.11 Å². The van der Waals surface area contributed by atoms with E-state index in [1.807, 2.05) is 42.5 Å². The average Bonchev–Trinajstić information content (AvgIpc) is 2.79. The quantitative estimate of drug-likeness (QED) is 0.510. The van der Waals surface area contributed by atoms with Gasteiger partial charge in [-0.05, 0) is 55.0 Å². The predicted octanol–water partition coefficient (Wildman–Crippen LogP) is 6.10. The number of aryl methyl sites for hydroxylation is 1. The molecule has 0 fully saturated rings. The van der Waals surface area contributed by atoms with Crippen molar-refractivity contribution in [3.63, 3.8) is 0 Å². The van der Waals surface area contributed by atoms with Gasteiger partial charge in [0.15, 0.2) is 11.5 Å². The van der Waals surface area contributed by atoms with Crippen molar-refractivity contribution in [3.8, 4) is 28.7 Å². The summed E-state index contributed by atoms with van der Waals surface area (Å²) >= 11 is 6.25. The minimum absolute atomic E-state index is 0.292. The maximum atomic E-state index is 9.87. The summed E-state index contributed by atoms with van der Waals surface area (Å²) in [7, 11) is 1.61. The van der Waals surface area contributed by atoms with Gasteiger partial charge in [0.2, 0.25) is 0 Å². The SMILES string of the molecule is COc1cc(-c2c(C#N)c(N)nc3c2CCCCCC3)ccc1OCc1ccccc1Cl. The normalized spacial score (nSPS) is 13.4. The fourth-order valence-corrected chi connectivity index (χ4v) is 4.45. The summed E-state index contributed by atoms with van der Waals surface area (Å²) in [5.41, 5.74) is 11.4. The number of hydrogen-bond donors (Lipinski definition) is 1. The zero-order valence-corrected chi connectivity index (χ0v) is 18.9. The molecule has 0 atom stereocenters. The molecule has 0 bridgehead atoms. The lowest BCUT2D eigenvalue weighted by Crippen LogP contribution is -2.10. The van der Waals surface area contributed by atoms with Crippen molar-refractivity contribution in [2.45, 2.75) is 45.1 Å². The van der Waals surface area contributed by atoms with Gasteiger partial charge >= 0.3 is 0 Å². The lowest BCUT2D eigenvalue weighted by atomic mass is 9.88. The number of nitrogen functional groups attached to an aromatic ring is 1. The molecule has 0 saturated carbocycles. The second kappa shape index (κ2) is 9.93. The number of fused-ring (bicyclic) bond motifs is 1. The Kier molecular flexibility index (Phi) is 6.82. The van der Waals surface area contributed by atoms with Gasteiger partial charge in [0.25, 0.3) is 0 Å². The maximum absolute atomic E-state index is 9.87. The standard InChI is InChI=1S/C26H26ClN3O2/c1-31-24-14-17(12-13-23(24)32-16-18-8-6-7-10-21(18)27)25-19-9-4-2-3-5-11-22(19)30-26(29)20(25)15-28/h6-8,10,12-14H,2-5,9,11,16H2,1H3,(H2,29,30). The molecule has 1 heterocycles. The molecule has 3 aromatic rings. The summed E-state index contributed by atoms with van der Waals surface area (Å²) in [5, 5.41) is 10.5. The molecule has 4 rings (SSSR count). The van der Waals surface area contributed by atoms with Crippen molar-refractivity contribution in [2.75, 3.05) is 12.8 Å². The van der Waals surface area contributed by atoms with Crippen LogP contribution in [-0.2, 0) is 19.4 Å². The van der Waals surface area contributed by atoms with E-state index in [1.165, 1.54) is 12.8 Å². The molecule has 1 aromatic heterocycles. The van der Waals surface area contributed by atoms with Crippen molar-refractivity contribution < 1.29 is 9.47 Å². The van der Waals surface area contributed by atoms with Crippen molar-refractivity contribution in [3.05, 3.63) is 69.9 Å². The van der Waals surface area contributed by atoms with Crippen molar-refractivity contribution in [2.24, 2.45) is 0 Å². The fraction of sp³-hybridized carbons (Fsp3) is 0.308. The van der Waals surface area contributed by atoms with Crippen LogP contribution in [0.4, 0.5) is 5.82 Å². The molecule has 0 saturated heterocycles. The Hall–Kier alpha value is -3.23. The Morgan fingerprint density at radius 3 is 2.59 bits per heavy atom. The monoisotopic (exact) mass is 447 g/mol. The van der Waals surface area contributed by atoms with Crippen LogP contribution in [0.3, 0.4) is 0 Å². The molecule has 0 aliphatic heterocycles. The van der Waals surface area contributed by atoms with Crippen LogP contribution in [0, 0.1) is 11.3 Å². The second-order valence-corrected chi connectivity index (χ2v) is 8.35. The summed E-state index contributed by atoms with van der Waals surface area (Å²) < 4.78 is 11.6. The first-order valence-corrected chi connectivity index (χ1v) is 11.3. The third-order valence-electron chi connectivity index (χ3n) is 5.91. The zero-order valence-electron chi connectivity index (χ0n) is 18.2. The van der Waals surface area contributed by atoms with E-state index in [9.17, 15) is 5.26 Å². The molecule has 5 nitrogen and oxygen atoms in total. The van der Waals surface area contributed by atoms with Crippen LogP contribution < -0.4 is 15.2 Å². The molecular weight excluding hydrogens is 422 g/mol. The lowest BCUT2D eigenvalue weighted by molar-refractivity contribution is 0.284. The molecule has 164 valence electrons. The first-order chi connectivity index (χ1) is 15.6. The van der Waals surface area contributed by atoms with Crippen LogP contribution in [0.25, 0.3) is 11.1 Å². The molecular formula is C26H26ClN3O2. The smallest absolute Gasteiger partial charge is 0.161 e. The molecule has 0 spiro atoms. The van der Waals surface area contributed by atoms with Crippen LogP contribution in [0.15, 0.2) is 42.5 Å². The molecule has 1 aliphatic carbocycles. The van der Waals surface area contributed by atoms with Crippen LogP contribution >= 0.6 is 11.6 Å². The Morgan fingerprint density at radius 2 is 1.84 bits per heavy atom. The summed E-state index contributed by atoms with van der Waals surface area (Å²) in [5.74, 6) is 1.49. The van der Waals surface area contributed by atoms with Gasteiger partial charge in [0, 0.05) is 21.8 Å². The van der Waals surface area contributed by atoms with E-state index in [1.54, 1.807) is 7.11 Å². The molecule has 6 heteroatoms. The van der Waals surface area contributed by atoms with E-state index >= 15 is 0 Å². The highest BCUT2D eigenvalue weighted by Gasteiger charge is 2.22. The molecule has 0 radical (unpaired) electrons. The van der Waals surface area contributed by atoms with Crippen molar-refractivity contribution in [1.82, 2.24) is 4.98 Å². The molecule has 0 amide bonds.